The van der Waals surface area contributed by atoms with E-state index in [-0.39, 0.29) is 12.1 Å². The maximum absolute atomic E-state index is 12.9. The highest BCUT2D eigenvalue weighted by Crippen LogP contribution is 2.67. The Kier molecular flexibility index (Phi) is 22.7. The van der Waals surface area contributed by atoms with Crippen molar-refractivity contribution in [1.29, 1.82) is 0 Å². The Bertz CT molecular complexity index is 1180. The summed E-state index contributed by atoms with van der Waals surface area (Å²) in [5, 5.41) is 0. The molecule has 4 aliphatic carbocycles. The van der Waals surface area contributed by atoms with Gasteiger partial charge >= 0.3 is 5.97 Å². The van der Waals surface area contributed by atoms with E-state index in [1.165, 1.54) is 180 Å². The van der Waals surface area contributed by atoms with Gasteiger partial charge in [-0.05, 0) is 130 Å². The molecule has 2 nitrogen and oxygen atoms in total. The number of ether oxygens (including phenoxy) is 1. The minimum atomic E-state index is 0.0637. The largest absolute Gasteiger partial charge is 0.462 e. The van der Waals surface area contributed by atoms with Gasteiger partial charge in [-0.15, -0.1) is 0 Å². The normalized spacial score (nSPS) is 29.1. The Morgan fingerprint density at radius 1 is 0.684 bits per heavy atom. The van der Waals surface area contributed by atoms with Crippen molar-refractivity contribution in [2.75, 3.05) is 0 Å². The summed E-state index contributed by atoms with van der Waals surface area (Å²) in [5.41, 5.74) is 2.53. The van der Waals surface area contributed by atoms with Crippen molar-refractivity contribution < 1.29 is 9.53 Å². The molecule has 0 radical (unpaired) electrons. The zero-order chi connectivity index (χ0) is 40.8. The molecule has 3 fully saturated rings. The van der Waals surface area contributed by atoms with Crippen LogP contribution in [-0.2, 0) is 9.53 Å². The van der Waals surface area contributed by atoms with E-state index >= 15 is 0 Å². The number of carbonyl (C=O) groups is 1. The first-order chi connectivity index (χ1) is 27.7. The maximum Gasteiger partial charge on any atom is 0.306 e. The second-order valence-electron chi connectivity index (χ2n) is 21.2. The molecule has 328 valence electrons. The van der Waals surface area contributed by atoms with Gasteiger partial charge in [-0.3, -0.25) is 4.79 Å². The molecule has 8 unspecified atom stereocenters. The summed E-state index contributed by atoms with van der Waals surface area (Å²) in [6.07, 6.45) is 55.3. The first-order valence-electron chi connectivity index (χ1n) is 25.9. The fourth-order valence-corrected chi connectivity index (χ4v) is 12.8. The standard InChI is InChI=1S/C55H96O2/c1-7-8-9-10-11-12-13-14-15-16-17-18-19-20-21-22-23-24-25-26-27-28-29-30-31-35-53(56)57-48-40-42-54(5)47(44-48)36-37-49-51-39-38-50(46(4)34-32-33-45(2)3)55(51,6)43-41-52(49)54/h13-14,16-17,36,45-46,48-52H,7-12,15,18-35,37-44H2,1-6H3/b14-13-,17-16-. The van der Waals surface area contributed by atoms with Gasteiger partial charge in [-0.2, -0.15) is 0 Å². The van der Waals surface area contributed by atoms with Gasteiger partial charge in [0.1, 0.15) is 6.10 Å². The summed E-state index contributed by atoms with van der Waals surface area (Å²) in [5.74, 6) is 5.32. The number of carbonyl (C=O) groups excluding carboxylic acids is 1. The third-order valence-corrected chi connectivity index (χ3v) is 16.4. The Labute approximate surface area is 356 Å². The smallest absolute Gasteiger partial charge is 0.306 e. The van der Waals surface area contributed by atoms with E-state index in [1.807, 2.05) is 0 Å². The van der Waals surface area contributed by atoms with Gasteiger partial charge in [-0.1, -0.05) is 193 Å². The number of allylic oxidation sites excluding steroid dienone is 5. The summed E-state index contributed by atoms with van der Waals surface area (Å²) >= 11 is 0. The monoisotopic (exact) mass is 789 g/mol. The van der Waals surface area contributed by atoms with Gasteiger partial charge in [0.05, 0.1) is 0 Å². The van der Waals surface area contributed by atoms with Gasteiger partial charge in [-0.25, -0.2) is 0 Å². The molecule has 2 heteroatoms. The highest BCUT2D eigenvalue weighted by atomic mass is 16.5. The SMILES string of the molecule is CCCCCCC/C=C\C/C=C\CCCCCCCCCCCCCCCC(=O)OC1CCC2(C)C(=CCC3C2CCC2(C)C(C(C)CCCC(C)C)CCC32)C1. The van der Waals surface area contributed by atoms with Crippen LogP contribution in [0.3, 0.4) is 0 Å². The van der Waals surface area contributed by atoms with Crippen LogP contribution in [0.4, 0.5) is 0 Å². The van der Waals surface area contributed by atoms with Crippen molar-refractivity contribution in [2.24, 2.45) is 46.3 Å². The molecule has 0 amide bonds. The van der Waals surface area contributed by atoms with Crippen LogP contribution in [0.2, 0.25) is 0 Å². The summed E-state index contributed by atoms with van der Waals surface area (Å²) in [7, 11) is 0. The van der Waals surface area contributed by atoms with E-state index in [9.17, 15) is 4.79 Å². The fraction of sp³-hybridized carbons (Fsp3) is 0.873. The highest BCUT2D eigenvalue weighted by Gasteiger charge is 2.59. The lowest BCUT2D eigenvalue weighted by Gasteiger charge is -2.58. The summed E-state index contributed by atoms with van der Waals surface area (Å²) in [4.78, 5) is 12.9. The zero-order valence-corrected chi connectivity index (χ0v) is 39.1. The van der Waals surface area contributed by atoms with Crippen LogP contribution < -0.4 is 0 Å². The van der Waals surface area contributed by atoms with E-state index < -0.39 is 0 Å². The van der Waals surface area contributed by atoms with Crippen LogP contribution in [0, 0.1) is 46.3 Å². The number of fused-ring (bicyclic) bond motifs is 5. The molecule has 4 rings (SSSR count). The van der Waals surface area contributed by atoms with Gasteiger partial charge in [0.25, 0.3) is 0 Å². The van der Waals surface area contributed by atoms with Crippen molar-refractivity contribution in [3.8, 4) is 0 Å². The predicted molar refractivity (Wildman–Crippen MR) is 248 cm³/mol. The van der Waals surface area contributed by atoms with E-state index in [0.29, 0.717) is 17.3 Å². The Hall–Kier alpha value is -1.31. The number of hydrogen-bond acceptors (Lipinski definition) is 2. The van der Waals surface area contributed by atoms with Crippen LogP contribution in [0.5, 0.6) is 0 Å². The summed E-state index contributed by atoms with van der Waals surface area (Å²) in [6, 6.07) is 0. The van der Waals surface area contributed by atoms with Crippen molar-refractivity contribution in [3.63, 3.8) is 0 Å². The quantitative estimate of drug-likeness (QED) is 0.0412. The maximum atomic E-state index is 12.9. The molecule has 0 heterocycles. The van der Waals surface area contributed by atoms with Gasteiger partial charge in [0.15, 0.2) is 0 Å². The van der Waals surface area contributed by atoms with Gasteiger partial charge in [0, 0.05) is 12.8 Å². The zero-order valence-electron chi connectivity index (χ0n) is 39.1. The molecule has 0 saturated heterocycles. The Morgan fingerprint density at radius 3 is 1.89 bits per heavy atom. The third kappa shape index (κ3) is 15.9. The van der Waals surface area contributed by atoms with Crippen LogP contribution in [0.25, 0.3) is 0 Å². The summed E-state index contributed by atoms with van der Waals surface area (Å²) < 4.78 is 6.16. The minimum absolute atomic E-state index is 0.0637. The van der Waals surface area contributed by atoms with Crippen molar-refractivity contribution in [1.82, 2.24) is 0 Å². The molecule has 0 aromatic heterocycles. The molecule has 0 aromatic carbocycles. The molecule has 4 aliphatic rings. The molecule has 0 spiro atoms. The topological polar surface area (TPSA) is 26.3 Å². The van der Waals surface area contributed by atoms with Crippen LogP contribution in [0.15, 0.2) is 36.0 Å². The second-order valence-corrected chi connectivity index (χ2v) is 21.2. The number of hydrogen-bond donors (Lipinski definition) is 0. The number of rotatable bonds is 30. The lowest BCUT2D eigenvalue weighted by molar-refractivity contribution is -0.151. The van der Waals surface area contributed by atoms with E-state index in [2.05, 4.69) is 71.9 Å². The molecule has 57 heavy (non-hydrogen) atoms. The Morgan fingerprint density at radius 2 is 1.28 bits per heavy atom. The molecular weight excluding hydrogens is 693 g/mol. The number of esters is 1. The molecule has 0 aromatic rings. The van der Waals surface area contributed by atoms with Crippen LogP contribution in [0.1, 0.15) is 253 Å². The third-order valence-electron chi connectivity index (χ3n) is 16.4. The van der Waals surface area contributed by atoms with E-state index in [4.69, 9.17) is 4.74 Å². The molecule has 0 N–H and O–H groups in total. The van der Waals surface area contributed by atoms with Crippen LogP contribution in [-0.4, -0.2) is 12.1 Å². The molecule has 0 aliphatic heterocycles. The lowest BCUT2D eigenvalue weighted by atomic mass is 9.47. The van der Waals surface area contributed by atoms with E-state index in [1.54, 1.807) is 5.57 Å². The average molecular weight is 789 g/mol. The summed E-state index contributed by atoms with van der Waals surface area (Å²) in [6.45, 7) is 15.0. The van der Waals surface area contributed by atoms with Gasteiger partial charge in [0.2, 0.25) is 0 Å². The van der Waals surface area contributed by atoms with Crippen LogP contribution >= 0.6 is 0 Å². The van der Waals surface area contributed by atoms with E-state index in [0.717, 1.165) is 61.2 Å². The molecule has 8 atom stereocenters. The number of unbranched alkanes of at least 4 members (excludes halogenated alkanes) is 18. The van der Waals surface area contributed by atoms with Crippen molar-refractivity contribution in [2.45, 2.75) is 260 Å². The Balaban J connectivity index is 0.970. The molecular formula is C55H96O2. The highest BCUT2D eigenvalue weighted by molar-refractivity contribution is 5.69. The minimum Gasteiger partial charge on any atom is -0.462 e. The first-order valence-corrected chi connectivity index (χ1v) is 25.9. The van der Waals surface area contributed by atoms with Crippen molar-refractivity contribution >= 4 is 5.97 Å². The van der Waals surface area contributed by atoms with Crippen molar-refractivity contribution in [3.05, 3.63) is 36.0 Å². The van der Waals surface area contributed by atoms with Gasteiger partial charge < -0.3 is 4.74 Å². The average Bonchev–Trinajstić information content (AvgIpc) is 3.55. The predicted octanol–water partition coefficient (Wildman–Crippen LogP) is 17.7. The second kappa shape index (κ2) is 26.8. The fourth-order valence-electron chi connectivity index (χ4n) is 12.8. The molecule has 3 saturated carbocycles. The lowest BCUT2D eigenvalue weighted by Crippen LogP contribution is -2.51. The molecule has 0 bridgehead atoms. The first kappa shape index (κ1) is 48.4.